The lowest BCUT2D eigenvalue weighted by atomic mass is 10.3. The first-order valence-electron chi connectivity index (χ1n) is 7.79. The van der Waals surface area contributed by atoms with Gasteiger partial charge in [-0.05, 0) is 24.3 Å². The fourth-order valence-electron chi connectivity index (χ4n) is 1.68. The first kappa shape index (κ1) is 18.2. The molecule has 23 heavy (non-hydrogen) atoms. The summed E-state index contributed by atoms with van der Waals surface area (Å²) < 4.78 is 1.49. The fraction of sp³-hybridized carbons (Fsp3) is 0.235. The zero-order chi connectivity index (χ0) is 17.1. The van der Waals surface area contributed by atoms with Crippen molar-refractivity contribution in [2.24, 2.45) is 0 Å². The largest absolute Gasteiger partial charge is 0.368 e. The van der Waals surface area contributed by atoms with Crippen molar-refractivity contribution in [2.75, 3.05) is 11.1 Å². The highest BCUT2D eigenvalue weighted by Crippen LogP contribution is 2.15. The molecule has 0 aliphatic carbocycles. The molecular formula is C17H24N6. The van der Waals surface area contributed by atoms with Crippen LogP contribution in [0.1, 0.15) is 27.7 Å². The zero-order valence-electron chi connectivity index (χ0n) is 14.1. The van der Waals surface area contributed by atoms with E-state index >= 15 is 0 Å². The van der Waals surface area contributed by atoms with E-state index in [0.717, 1.165) is 5.69 Å². The highest BCUT2D eigenvalue weighted by atomic mass is 15.4. The van der Waals surface area contributed by atoms with Crippen LogP contribution < -0.4 is 11.1 Å². The maximum Gasteiger partial charge on any atom is 0.248 e. The summed E-state index contributed by atoms with van der Waals surface area (Å²) in [5.41, 5.74) is 6.74. The summed E-state index contributed by atoms with van der Waals surface area (Å²) in [7, 11) is 0. The van der Waals surface area contributed by atoms with Crippen LogP contribution in [-0.2, 0) is 0 Å². The molecule has 6 nitrogen and oxygen atoms in total. The first-order chi connectivity index (χ1) is 11.3. The van der Waals surface area contributed by atoms with Crippen LogP contribution in [0.4, 0.5) is 17.6 Å². The second-order valence-electron chi connectivity index (χ2n) is 3.88. The standard InChI is InChI=1S/C13H12N6.2C2H6/c14-12-17-13(16-10-6-2-1-3-7-10)18-19(12)11-8-4-5-9-15-11;2*1-2/h1-9H,(H3,14,16,17,18);2*1-2H3. The van der Waals surface area contributed by atoms with Crippen molar-refractivity contribution < 1.29 is 0 Å². The Morgan fingerprint density at radius 1 is 0.913 bits per heavy atom. The van der Waals surface area contributed by atoms with Crippen molar-refractivity contribution in [2.45, 2.75) is 27.7 Å². The maximum absolute atomic E-state index is 5.84. The average Bonchev–Trinajstić information content (AvgIpc) is 3.00. The minimum absolute atomic E-state index is 0.289. The summed E-state index contributed by atoms with van der Waals surface area (Å²) in [5, 5.41) is 7.37. The van der Waals surface area contributed by atoms with Gasteiger partial charge in [0.1, 0.15) is 0 Å². The number of hydrogen-bond acceptors (Lipinski definition) is 5. The number of nitrogens with two attached hydrogens (primary N) is 1. The Hall–Kier alpha value is -2.89. The predicted octanol–water partition coefficient (Wildman–Crippen LogP) is 4.04. The molecule has 1 aromatic carbocycles. The third kappa shape index (κ3) is 5.10. The molecule has 3 N–H and O–H groups in total. The quantitative estimate of drug-likeness (QED) is 0.762. The molecule has 0 aliphatic heterocycles. The van der Waals surface area contributed by atoms with E-state index < -0.39 is 0 Å². The van der Waals surface area contributed by atoms with Crippen LogP contribution in [0.3, 0.4) is 0 Å². The number of anilines is 3. The van der Waals surface area contributed by atoms with E-state index in [1.807, 2.05) is 76.2 Å². The third-order valence-corrected chi connectivity index (χ3v) is 2.53. The van der Waals surface area contributed by atoms with Gasteiger partial charge in [0.15, 0.2) is 5.82 Å². The summed E-state index contributed by atoms with van der Waals surface area (Å²) in [6.07, 6.45) is 1.68. The van der Waals surface area contributed by atoms with Crippen LogP contribution >= 0.6 is 0 Å². The van der Waals surface area contributed by atoms with Gasteiger partial charge in [0, 0.05) is 11.9 Å². The van der Waals surface area contributed by atoms with Crippen molar-refractivity contribution >= 4 is 17.6 Å². The van der Waals surface area contributed by atoms with Crippen LogP contribution in [0.15, 0.2) is 54.7 Å². The van der Waals surface area contributed by atoms with E-state index in [0.29, 0.717) is 11.8 Å². The van der Waals surface area contributed by atoms with Gasteiger partial charge in [0.05, 0.1) is 0 Å². The lowest BCUT2D eigenvalue weighted by Gasteiger charge is -2.00. The van der Waals surface area contributed by atoms with E-state index in [-0.39, 0.29) is 5.95 Å². The minimum atomic E-state index is 0.289. The molecule has 0 bridgehead atoms. The molecule has 0 saturated carbocycles. The zero-order valence-corrected chi connectivity index (χ0v) is 14.1. The van der Waals surface area contributed by atoms with E-state index in [4.69, 9.17) is 5.73 Å². The first-order valence-corrected chi connectivity index (χ1v) is 7.79. The summed E-state index contributed by atoms with van der Waals surface area (Å²) in [5.74, 6) is 1.36. The molecule has 2 aromatic heterocycles. The summed E-state index contributed by atoms with van der Waals surface area (Å²) in [4.78, 5) is 8.34. The molecule has 0 saturated heterocycles. The van der Waals surface area contributed by atoms with Crippen LogP contribution in [0.2, 0.25) is 0 Å². The third-order valence-electron chi connectivity index (χ3n) is 2.53. The number of aromatic nitrogens is 4. The van der Waals surface area contributed by atoms with Crippen LogP contribution in [-0.4, -0.2) is 19.7 Å². The molecule has 0 fully saturated rings. The number of pyridine rings is 1. The molecule has 3 aromatic rings. The average molecular weight is 312 g/mol. The molecule has 0 aliphatic rings. The molecular weight excluding hydrogens is 288 g/mol. The van der Waals surface area contributed by atoms with Crippen LogP contribution in [0.25, 0.3) is 5.82 Å². The van der Waals surface area contributed by atoms with Gasteiger partial charge in [0.25, 0.3) is 0 Å². The fourth-order valence-corrected chi connectivity index (χ4v) is 1.68. The molecule has 6 heteroatoms. The van der Waals surface area contributed by atoms with E-state index in [1.54, 1.807) is 6.20 Å². The van der Waals surface area contributed by atoms with Gasteiger partial charge in [-0.3, -0.25) is 0 Å². The lowest BCUT2D eigenvalue weighted by molar-refractivity contribution is 0.859. The molecule has 2 heterocycles. The van der Waals surface area contributed by atoms with Crippen molar-refractivity contribution in [3.8, 4) is 5.82 Å². The Labute approximate surface area is 137 Å². The van der Waals surface area contributed by atoms with Crippen molar-refractivity contribution in [3.63, 3.8) is 0 Å². The van der Waals surface area contributed by atoms with Gasteiger partial charge in [0.2, 0.25) is 11.9 Å². The van der Waals surface area contributed by atoms with Gasteiger partial charge in [-0.15, -0.1) is 5.10 Å². The molecule has 122 valence electrons. The van der Waals surface area contributed by atoms with Crippen LogP contribution in [0.5, 0.6) is 0 Å². The number of benzene rings is 1. The predicted molar refractivity (Wildman–Crippen MR) is 96.0 cm³/mol. The number of hydrogen-bond donors (Lipinski definition) is 2. The summed E-state index contributed by atoms with van der Waals surface area (Å²) in [6.45, 7) is 8.00. The van der Waals surface area contributed by atoms with Gasteiger partial charge in [-0.1, -0.05) is 52.0 Å². The summed E-state index contributed by atoms with van der Waals surface area (Å²) >= 11 is 0. The van der Waals surface area contributed by atoms with E-state index in [1.165, 1.54) is 4.68 Å². The van der Waals surface area contributed by atoms with Gasteiger partial charge < -0.3 is 11.1 Å². The highest BCUT2D eigenvalue weighted by Gasteiger charge is 2.09. The SMILES string of the molecule is CC.CC.Nc1nc(Nc2ccccc2)nn1-c1ccccn1. The topological polar surface area (TPSA) is 81.6 Å². The molecule has 0 atom stereocenters. The van der Waals surface area contributed by atoms with Crippen molar-refractivity contribution in [3.05, 3.63) is 54.7 Å². The number of nitrogens with zero attached hydrogens (tertiary/aromatic N) is 4. The Morgan fingerprint density at radius 3 is 2.17 bits per heavy atom. The van der Waals surface area contributed by atoms with E-state index in [9.17, 15) is 0 Å². The summed E-state index contributed by atoms with van der Waals surface area (Å²) in [6, 6.07) is 15.2. The number of para-hydroxylation sites is 1. The number of nitrogens with one attached hydrogen (secondary N) is 1. The minimum Gasteiger partial charge on any atom is -0.368 e. The number of nitrogen functional groups attached to an aromatic ring is 1. The van der Waals surface area contributed by atoms with Crippen molar-refractivity contribution in [1.82, 2.24) is 19.7 Å². The second kappa shape index (κ2) is 9.94. The Morgan fingerprint density at radius 2 is 1.57 bits per heavy atom. The van der Waals surface area contributed by atoms with Gasteiger partial charge in [-0.25, -0.2) is 4.98 Å². The second-order valence-corrected chi connectivity index (χ2v) is 3.88. The Balaban J connectivity index is 0.000000615. The van der Waals surface area contributed by atoms with Gasteiger partial charge >= 0.3 is 0 Å². The van der Waals surface area contributed by atoms with E-state index in [2.05, 4.69) is 20.4 Å². The molecule has 0 amide bonds. The van der Waals surface area contributed by atoms with Gasteiger partial charge in [-0.2, -0.15) is 9.67 Å². The van der Waals surface area contributed by atoms with Crippen molar-refractivity contribution in [1.29, 1.82) is 0 Å². The molecule has 0 unspecified atom stereocenters. The molecule has 0 radical (unpaired) electrons. The molecule has 3 rings (SSSR count). The smallest absolute Gasteiger partial charge is 0.248 e. The molecule has 0 spiro atoms. The van der Waals surface area contributed by atoms with Crippen LogP contribution in [0, 0.1) is 0 Å². The Kier molecular flexibility index (Phi) is 7.85. The monoisotopic (exact) mass is 312 g/mol. The maximum atomic E-state index is 5.84. The lowest BCUT2D eigenvalue weighted by Crippen LogP contribution is -2.03. The normalized spacial score (nSPS) is 9.04. The highest BCUT2D eigenvalue weighted by molar-refractivity contribution is 5.54. The number of rotatable bonds is 3. The Bertz CT molecular complexity index is 664.